The second-order valence-corrected chi connectivity index (χ2v) is 7.81. The van der Waals surface area contributed by atoms with E-state index >= 15 is 0 Å². The first-order valence-corrected chi connectivity index (χ1v) is 10.3. The summed E-state index contributed by atoms with van der Waals surface area (Å²) in [6.45, 7) is 2.63. The van der Waals surface area contributed by atoms with Crippen LogP contribution in [-0.2, 0) is 4.79 Å². The number of rotatable bonds is 3. The number of Topliss-reactive ketones (excluding diaryl/α,β-unsaturated/α-hetero) is 1. The van der Waals surface area contributed by atoms with Crippen LogP contribution in [-0.4, -0.2) is 18.4 Å². The second-order valence-electron chi connectivity index (χ2n) is 6.83. The standard InChI is InChI=1S/C21H23N3O2S/c1-2-12-22-21(26)24-16-9-4-3-7-14(16)23-15-8-5-10-17(25)19(15)20(24)18-11-6-13-27-18/h3-4,6-7,9,11,13,20,23H,2,5,8,10,12H2,1H3,(H,22,26)/t20-/m1/s1. The summed E-state index contributed by atoms with van der Waals surface area (Å²) in [5, 5.41) is 8.46. The van der Waals surface area contributed by atoms with Crippen molar-refractivity contribution in [1.82, 2.24) is 5.32 Å². The average molecular weight is 382 g/mol. The number of fused-ring (bicyclic) bond motifs is 1. The summed E-state index contributed by atoms with van der Waals surface area (Å²) in [6.07, 6.45) is 3.05. The fraction of sp³-hybridized carbons (Fsp3) is 0.333. The lowest BCUT2D eigenvalue weighted by molar-refractivity contribution is -0.116. The number of urea groups is 1. The van der Waals surface area contributed by atoms with Gasteiger partial charge in [0.15, 0.2) is 5.78 Å². The molecule has 140 valence electrons. The molecule has 1 aliphatic carbocycles. The van der Waals surface area contributed by atoms with Gasteiger partial charge in [-0.15, -0.1) is 11.3 Å². The molecule has 27 heavy (non-hydrogen) atoms. The third kappa shape index (κ3) is 3.25. The maximum absolute atomic E-state index is 13.2. The van der Waals surface area contributed by atoms with Gasteiger partial charge in [-0.3, -0.25) is 9.69 Å². The molecule has 2 aromatic rings. The first-order valence-electron chi connectivity index (χ1n) is 9.43. The largest absolute Gasteiger partial charge is 0.357 e. The lowest BCUT2D eigenvalue weighted by Gasteiger charge is -2.32. The molecule has 0 saturated carbocycles. The van der Waals surface area contributed by atoms with Gasteiger partial charge >= 0.3 is 6.03 Å². The summed E-state index contributed by atoms with van der Waals surface area (Å²) >= 11 is 1.58. The topological polar surface area (TPSA) is 61.4 Å². The molecule has 0 spiro atoms. The van der Waals surface area contributed by atoms with Gasteiger partial charge in [0.1, 0.15) is 6.04 Å². The van der Waals surface area contributed by atoms with Crippen LogP contribution in [0.4, 0.5) is 16.2 Å². The Balaban J connectivity index is 1.92. The number of benzene rings is 1. The summed E-state index contributed by atoms with van der Waals surface area (Å²) in [4.78, 5) is 28.9. The molecule has 2 N–H and O–H groups in total. The molecule has 0 radical (unpaired) electrons. The third-order valence-electron chi connectivity index (χ3n) is 4.99. The molecule has 0 unspecified atom stereocenters. The zero-order chi connectivity index (χ0) is 18.8. The Morgan fingerprint density at radius 2 is 2.11 bits per heavy atom. The van der Waals surface area contributed by atoms with Crippen LogP contribution in [0.25, 0.3) is 0 Å². The van der Waals surface area contributed by atoms with E-state index < -0.39 is 6.04 Å². The maximum atomic E-state index is 13.2. The Hall–Kier alpha value is -2.60. The fourth-order valence-electron chi connectivity index (χ4n) is 3.79. The Bertz CT molecular complexity index is 889. The molecular weight excluding hydrogens is 358 g/mol. The fourth-order valence-corrected chi connectivity index (χ4v) is 4.61. The molecule has 5 nitrogen and oxygen atoms in total. The smallest absolute Gasteiger partial charge is 0.322 e. The number of carbonyl (C=O) groups excluding carboxylic acids is 2. The van der Waals surface area contributed by atoms with Gasteiger partial charge in [-0.05, 0) is 42.8 Å². The number of amides is 2. The zero-order valence-corrected chi connectivity index (χ0v) is 16.1. The van der Waals surface area contributed by atoms with Gasteiger partial charge in [0, 0.05) is 29.1 Å². The number of nitrogens with one attached hydrogen (secondary N) is 2. The monoisotopic (exact) mass is 381 g/mol. The quantitative estimate of drug-likeness (QED) is 0.799. The van der Waals surface area contributed by atoms with Gasteiger partial charge in [0.05, 0.1) is 11.4 Å². The molecule has 0 bridgehead atoms. The van der Waals surface area contributed by atoms with Crippen LogP contribution >= 0.6 is 11.3 Å². The minimum Gasteiger partial charge on any atom is -0.357 e. The Morgan fingerprint density at radius 3 is 2.89 bits per heavy atom. The van der Waals surface area contributed by atoms with Crippen molar-refractivity contribution in [1.29, 1.82) is 0 Å². The molecular formula is C21H23N3O2S. The molecule has 1 aromatic heterocycles. The Morgan fingerprint density at radius 1 is 1.26 bits per heavy atom. The molecule has 2 heterocycles. The summed E-state index contributed by atoms with van der Waals surface area (Å²) in [6, 6.07) is 11.2. The summed E-state index contributed by atoms with van der Waals surface area (Å²) in [5.41, 5.74) is 3.34. The van der Waals surface area contributed by atoms with Gasteiger partial charge in [-0.25, -0.2) is 4.79 Å². The zero-order valence-electron chi connectivity index (χ0n) is 15.3. The number of para-hydroxylation sites is 2. The van der Waals surface area contributed by atoms with E-state index in [1.165, 1.54) is 0 Å². The van der Waals surface area contributed by atoms with Crippen LogP contribution in [0.15, 0.2) is 53.0 Å². The molecule has 0 fully saturated rings. The number of anilines is 2. The van der Waals surface area contributed by atoms with Gasteiger partial charge in [-0.2, -0.15) is 0 Å². The summed E-state index contributed by atoms with van der Waals surface area (Å²) in [5.74, 6) is 0.128. The lowest BCUT2D eigenvalue weighted by Crippen LogP contribution is -2.44. The highest BCUT2D eigenvalue weighted by molar-refractivity contribution is 7.10. The number of ketones is 1. The second kappa shape index (κ2) is 7.56. The first-order chi connectivity index (χ1) is 13.2. The molecule has 1 aliphatic heterocycles. The van der Waals surface area contributed by atoms with Crippen molar-refractivity contribution in [3.05, 3.63) is 57.9 Å². The van der Waals surface area contributed by atoms with E-state index in [0.29, 0.717) is 13.0 Å². The number of nitrogens with zero attached hydrogens (tertiary/aromatic N) is 1. The molecule has 6 heteroatoms. The van der Waals surface area contributed by atoms with Crippen molar-refractivity contribution in [2.45, 2.75) is 38.6 Å². The SMILES string of the molecule is CCCNC(=O)N1c2ccccc2NC2=C(C(=O)CCC2)[C@H]1c1cccs1. The highest BCUT2D eigenvalue weighted by Gasteiger charge is 2.39. The van der Waals surface area contributed by atoms with Crippen molar-refractivity contribution >= 4 is 34.5 Å². The van der Waals surface area contributed by atoms with E-state index in [4.69, 9.17) is 0 Å². The third-order valence-corrected chi connectivity index (χ3v) is 5.92. The van der Waals surface area contributed by atoms with Gasteiger partial charge in [-0.1, -0.05) is 25.1 Å². The molecule has 1 aromatic carbocycles. The van der Waals surface area contributed by atoms with E-state index in [-0.39, 0.29) is 11.8 Å². The maximum Gasteiger partial charge on any atom is 0.322 e. The summed E-state index contributed by atoms with van der Waals surface area (Å²) in [7, 11) is 0. The van der Waals surface area contributed by atoms with Crippen LogP contribution in [0.2, 0.25) is 0 Å². The van der Waals surface area contributed by atoms with Crippen molar-refractivity contribution in [2.75, 3.05) is 16.8 Å². The van der Waals surface area contributed by atoms with Gasteiger partial charge in [0.2, 0.25) is 0 Å². The predicted molar refractivity (Wildman–Crippen MR) is 109 cm³/mol. The van der Waals surface area contributed by atoms with Crippen molar-refractivity contribution in [3.8, 4) is 0 Å². The number of thiophene rings is 1. The minimum atomic E-state index is -0.402. The van der Waals surface area contributed by atoms with Crippen LogP contribution in [0, 0.1) is 0 Å². The van der Waals surface area contributed by atoms with Crippen LogP contribution in [0.1, 0.15) is 43.5 Å². The van der Waals surface area contributed by atoms with Crippen molar-refractivity contribution in [3.63, 3.8) is 0 Å². The van der Waals surface area contributed by atoms with E-state index in [1.54, 1.807) is 16.2 Å². The highest BCUT2D eigenvalue weighted by atomic mass is 32.1. The normalized spacial score (nSPS) is 19.1. The average Bonchev–Trinajstić information content (AvgIpc) is 3.15. The van der Waals surface area contributed by atoms with E-state index in [9.17, 15) is 9.59 Å². The number of carbonyl (C=O) groups is 2. The van der Waals surface area contributed by atoms with Crippen molar-refractivity contribution in [2.24, 2.45) is 0 Å². The first kappa shape index (κ1) is 17.8. The van der Waals surface area contributed by atoms with Gasteiger partial charge < -0.3 is 10.6 Å². The predicted octanol–water partition coefficient (Wildman–Crippen LogP) is 4.85. The van der Waals surface area contributed by atoms with Crippen molar-refractivity contribution < 1.29 is 9.59 Å². The number of hydrogen-bond donors (Lipinski definition) is 2. The van der Waals surface area contributed by atoms with E-state index in [1.807, 2.05) is 48.7 Å². The number of hydrogen-bond acceptors (Lipinski definition) is 4. The Kier molecular flexibility index (Phi) is 4.99. The molecule has 4 rings (SSSR count). The summed E-state index contributed by atoms with van der Waals surface area (Å²) < 4.78 is 0. The van der Waals surface area contributed by atoms with Crippen LogP contribution in [0.3, 0.4) is 0 Å². The molecule has 0 saturated heterocycles. The van der Waals surface area contributed by atoms with E-state index in [2.05, 4.69) is 10.6 Å². The molecule has 1 atom stereocenters. The lowest BCUT2D eigenvalue weighted by atomic mass is 9.88. The van der Waals surface area contributed by atoms with E-state index in [0.717, 1.165) is 46.8 Å². The van der Waals surface area contributed by atoms with Gasteiger partial charge in [0.25, 0.3) is 0 Å². The van der Waals surface area contributed by atoms with Crippen LogP contribution in [0.5, 0.6) is 0 Å². The molecule has 2 aliphatic rings. The Labute approximate surface area is 163 Å². The number of allylic oxidation sites excluding steroid dienone is 1. The minimum absolute atomic E-state index is 0.128. The van der Waals surface area contributed by atoms with Crippen LogP contribution < -0.4 is 15.5 Å². The highest BCUT2D eigenvalue weighted by Crippen LogP contribution is 2.45. The molecule has 2 amide bonds.